The molecule has 90 valence electrons. The van der Waals surface area contributed by atoms with Gasteiger partial charge in [0.2, 0.25) is 0 Å². The maximum atomic E-state index is 9.24. The normalized spacial score (nSPS) is 14.5. The third-order valence-corrected chi connectivity index (χ3v) is 2.22. The Balaban J connectivity index is 2.55. The Bertz CT molecular complexity index is 310. The van der Waals surface area contributed by atoms with Gasteiger partial charge >= 0.3 is 0 Å². The molecule has 0 spiro atoms. The van der Waals surface area contributed by atoms with Crippen molar-refractivity contribution in [2.24, 2.45) is 0 Å². The molecule has 1 aromatic carbocycles. The van der Waals surface area contributed by atoms with Crippen LogP contribution in [0.5, 0.6) is 5.75 Å². The van der Waals surface area contributed by atoms with Gasteiger partial charge in [-0.1, -0.05) is 12.1 Å². The second-order valence-electron chi connectivity index (χ2n) is 4.09. The van der Waals surface area contributed by atoms with E-state index in [1.165, 1.54) is 0 Å². The fourth-order valence-electron chi connectivity index (χ4n) is 1.64. The molecule has 0 aromatic heterocycles. The van der Waals surface area contributed by atoms with Crippen molar-refractivity contribution >= 4 is 0 Å². The van der Waals surface area contributed by atoms with Crippen LogP contribution in [0.15, 0.2) is 24.3 Å². The second-order valence-corrected chi connectivity index (χ2v) is 4.09. The topological polar surface area (TPSA) is 38.7 Å². The van der Waals surface area contributed by atoms with Crippen LogP contribution in [-0.4, -0.2) is 24.4 Å². The van der Waals surface area contributed by atoms with Gasteiger partial charge in [-0.15, -0.1) is 0 Å². The van der Waals surface area contributed by atoms with E-state index in [1.807, 2.05) is 31.2 Å². The van der Waals surface area contributed by atoms with Crippen LogP contribution >= 0.6 is 0 Å². The molecule has 0 aliphatic carbocycles. The Labute approximate surface area is 97.0 Å². The van der Waals surface area contributed by atoms with Crippen LogP contribution in [0.4, 0.5) is 0 Å². The van der Waals surface area contributed by atoms with Crippen molar-refractivity contribution in [3.63, 3.8) is 0 Å². The highest BCUT2D eigenvalue weighted by molar-refractivity contribution is 5.28. The molecule has 1 N–H and O–H groups in total. The number of rotatable bonds is 6. The van der Waals surface area contributed by atoms with Crippen LogP contribution in [0.3, 0.4) is 0 Å². The van der Waals surface area contributed by atoms with Crippen molar-refractivity contribution in [2.45, 2.75) is 39.1 Å². The van der Waals surface area contributed by atoms with Gasteiger partial charge in [-0.25, -0.2) is 0 Å². The molecule has 0 aliphatic heterocycles. The van der Waals surface area contributed by atoms with E-state index in [4.69, 9.17) is 9.47 Å². The Morgan fingerprint density at radius 2 is 2.06 bits per heavy atom. The molecule has 16 heavy (non-hydrogen) atoms. The number of hydrogen-bond donors (Lipinski definition) is 1. The van der Waals surface area contributed by atoms with Crippen LogP contribution in [-0.2, 0) is 11.3 Å². The summed E-state index contributed by atoms with van der Waals surface area (Å²) in [6.45, 7) is 4.30. The molecule has 0 saturated heterocycles. The molecule has 0 heterocycles. The Kier molecular flexibility index (Phi) is 5.29. The zero-order chi connectivity index (χ0) is 12.0. The van der Waals surface area contributed by atoms with Crippen LogP contribution < -0.4 is 4.74 Å². The van der Waals surface area contributed by atoms with Gasteiger partial charge in [0.1, 0.15) is 5.75 Å². The van der Waals surface area contributed by atoms with Crippen molar-refractivity contribution in [3.05, 3.63) is 29.8 Å². The van der Waals surface area contributed by atoms with Gasteiger partial charge < -0.3 is 14.6 Å². The zero-order valence-electron chi connectivity index (χ0n) is 10.1. The first-order valence-corrected chi connectivity index (χ1v) is 5.54. The van der Waals surface area contributed by atoms with Crippen molar-refractivity contribution in [2.75, 3.05) is 7.11 Å². The monoisotopic (exact) mass is 224 g/mol. The number of hydrogen-bond acceptors (Lipinski definition) is 3. The summed E-state index contributed by atoms with van der Waals surface area (Å²) in [5, 5.41) is 9.24. The lowest BCUT2D eigenvalue weighted by molar-refractivity contribution is 0.115. The highest BCUT2D eigenvalue weighted by Crippen LogP contribution is 2.16. The summed E-state index contributed by atoms with van der Waals surface area (Å²) in [7, 11) is 1.67. The first kappa shape index (κ1) is 13.0. The first-order chi connectivity index (χ1) is 7.61. The van der Waals surface area contributed by atoms with E-state index in [0.717, 1.165) is 11.3 Å². The van der Waals surface area contributed by atoms with Gasteiger partial charge in [0, 0.05) is 13.5 Å². The summed E-state index contributed by atoms with van der Waals surface area (Å²) >= 11 is 0. The average molecular weight is 224 g/mol. The highest BCUT2D eigenvalue weighted by atomic mass is 16.5. The number of benzene rings is 1. The van der Waals surface area contributed by atoms with Gasteiger partial charge in [-0.2, -0.15) is 0 Å². The van der Waals surface area contributed by atoms with Gasteiger partial charge in [0.05, 0.1) is 18.8 Å². The number of aliphatic hydroxyl groups is 1. The quantitative estimate of drug-likeness (QED) is 0.806. The van der Waals surface area contributed by atoms with E-state index in [9.17, 15) is 5.11 Å². The number of methoxy groups -OCH3 is 1. The molecular weight excluding hydrogens is 204 g/mol. The molecule has 1 rings (SSSR count). The zero-order valence-corrected chi connectivity index (χ0v) is 10.1. The molecule has 3 nitrogen and oxygen atoms in total. The predicted molar refractivity (Wildman–Crippen MR) is 63.5 cm³/mol. The van der Waals surface area contributed by atoms with Crippen molar-refractivity contribution in [1.82, 2.24) is 0 Å². The smallest absolute Gasteiger partial charge is 0.120 e. The first-order valence-electron chi connectivity index (χ1n) is 5.54. The number of ether oxygens (including phenoxy) is 2. The summed E-state index contributed by atoms with van der Waals surface area (Å²) in [6.07, 6.45) is 0.309. The third kappa shape index (κ3) is 4.64. The summed E-state index contributed by atoms with van der Waals surface area (Å²) < 4.78 is 10.8. The van der Waals surface area contributed by atoms with Gasteiger partial charge in [0.25, 0.3) is 0 Å². The Morgan fingerprint density at radius 3 is 2.69 bits per heavy atom. The highest BCUT2D eigenvalue weighted by Gasteiger charge is 2.07. The van der Waals surface area contributed by atoms with Gasteiger partial charge in [-0.3, -0.25) is 0 Å². The van der Waals surface area contributed by atoms with Gasteiger partial charge in [-0.05, 0) is 31.5 Å². The lowest BCUT2D eigenvalue weighted by Gasteiger charge is -2.16. The maximum Gasteiger partial charge on any atom is 0.120 e. The SMILES string of the molecule is COCc1cccc(OC(C)CC(C)O)c1. The van der Waals surface area contributed by atoms with Crippen molar-refractivity contribution in [3.8, 4) is 5.75 Å². The molecular formula is C13H20O3. The Morgan fingerprint density at radius 1 is 1.31 bits per heavy atom. The van der Waals surface area contributed by atoms with Crippen LogP contribution in [0.25, 0.3) is 0 Å². The molecule has 0 saturated carbocycles. The predicted octanol–water partition coefficient (Wildman–Crippen LogP) is 2.37. The molecule has 0 aliphatic rings. The van der Waals surface area contributed by atoms with Crippen LogP contribution in [0.1, 0.15) is 25.8 Å². The minimum absolute atomic E-state index is 0.0118. The minimum Gasteiger partial charge on any atom is -0.491 e. The fourth-order valence-corrected chi connectivity index (χ4v) is 1.64. The van der Waals surface area contributed by atoms with E-state index in [-0.39, 0.29) is 12.2 Å². The van der Waals surface area contributed by atoms with Gasteiger partial charge in [0.15, 0.2) is 0 Å². The molecule has 0 bridgehead atoms. The average Bonchev–Trinajstić information content (AvgIpc) is 2.17. The maximum absolute atomic E-state index is 9.24. The third-order valence-electron chi connectivity index (χ3n) is 2.22. The molecule has 2 unspecified atom stereocenters. The lowest BCUT2D eigenvalue weighted by atomic mass is 10.2. The van der Waals surface area contributed by atoms with Crippen molar-refractivity contribution < 1.29 is 14.6 Å². The van der Waals surface area contributed by atoms with E-state index in [2.05, 4.69) is 0 Å². The summed E-state index contributed by atoms with van der Waals surface area (Å²) in [6, 6.07) is 7.81. The van der Waals surface area contributed by atoms with Crippen LogP contribution in [0.2, 0.25) is 0 Å². The van der Waals surface area contributed by atoms with E-state index < -0.39 is 0 Å². The van der Waals surface area contributed by atoms with E-state index in [1.54, 1.807) is 14.0 Å². The minimum atomic E-state index is -0.336. The van der Waals surface area contributed by atoms with Crippen LogP contribution in [0, 0.1) is 0 Å². The molecule has 3 heteroatoms. The van der Waals surface area contributed by atoms with E-state index in [0.29, 0.717) is 13.0 Å². The standard InChI is InChI=1S/C13H20O3/c1-10(14)7-11(2)16-13-6-4-5-12(8-13)9-15-3/h4-6,8,10-11,14H,7,9H2,1-3H3. The Hall–Kier alpha value is -1.06. The lowest BCUT2D eigenvalue weighted by Crippen LogP contribution is -2.18. The summed E-state index contributed by atoms with van der Waals surface area (Å²) in [5.41, 5.74) is 1.09. The fraction of sp³-hybridized carbons (Fsp3) is 0.538. The number of aliphatic hydroxyl groups excluding tert-OH is 1. The molecule has 1 aromatic rings. The molecule has 0 fully saturated rings. The van der Waals surface area contributed by atoms with E-state index >= 15 is 0 Å². The molecule has 0 radical (unpaired) electrons. The van der Waals surface area contributed by atoms with Crippen molar-refractivity contribution in [1.29, 1.82) is 0 Å². The summed E-state index contributed by atoms with van der Waals surface area (Å²) in [5.74, 6) is 0.822. The second kappa shape index (κ2) is 6.51. The molecule has 2 atom stereocenters. The molecule has 0 amide bonds. The summed E-state index contributed by atoms with van der Waals surface area (Å²) in [4.78, 5) is 0. The largest absolute Gasteiger partial charge is 0.491 e.